The molecular formula is C13H20N6. The molecule has 0 bridgehead atoms. The van der Waals surface area contributed by atoms with E-state index in [0.717, 1.165) is 37.4 Å². The Morgan fingerprint density at radius 1 is 1.37 bits per heavy atom. The molecule has 1 aliphatic rings. The normalized spacial score (nSPS) is 18.0. The summed E-state index contributed by atoms with van der Waals surface area (Å²) in [5.74, 6) is 1.40. The van der Waals surface area contributed by atoms with Crippen LogP contribution >= 0.6 is 0 Å². The molecule has 0 amide bonds. The fourth-order valence-electron chi connectivity index (χ4n) is 2.73. The Kier molecular flexibility index (Phi) is 3.02. The Morgan fingerprint density at radius 2 is 2.11 bits per heavy atom. The predicted molar refractivity (Wildman–Crippen MR) is 76.3 cm³/mol. The first kappa shape index (κ1) is 12.2. The number of nitrogens with zero attached hydrogens (tertiary/aromatic N) is 5. The third-order valence-electron chi connectivity index (χ3n) is 3.94. The molecule has 102 valence electrons. The maximum Gasteiger partial charge on any atom is 0.180 e. The van der Waals surface area contributed by atoms with Crippen molar-refractivity contribution in [3.05, 3.63) is 18.6 Å². The average Bonchev–Trinajstić information content (AvgIpc) is 2.85. The highest BCUT2D eigenvalue weighted by molar-refractivity contribution is 5.66. The van der Waals surface area contributed by atoms with E-state index >= 15 is 0 Å². The lowest BCUT2D eigenvalue weighted by Crippen LogP contribution is -2.42. The summed E-state index contributed by atoms with van der Waals surface area (Å²) in [5.41, 5.74) is 6.75. The largest absolute Gasteiger partial charge is 0.382 e. The van der Waals surface area contributed by atoms with Crippen LogP contribution in [0.25, 0.3) is 5.65 Å². The quantitative estimate of drug-likeness (QED) is 0.867. The second-order valence-electron chi connectivity index (χ2n) is 5.29. The summed E-state index contributed by atoms with van der Waals surface area (Å²) < 4.78 is 1.93. The molecule has 0 radical (unpaired) electrons. The highest BCUT2D eigenvalue weighted by Crippen LogP contribution is 2.24. The second kappa shape index (κ2) is 4.70. The van der Waals surface area contributed by atoms with Gasteiger partial charge in [0, 0.05) is 25.5 Å². The predicted octanol–water partition coefficient (Wildman–Crippen LogP) is 0.842. The van der Waals surface area contributed by atoms with Gasteiger partial charge in [0.15, 0.2) is 11.5 Å². The number of aromatic nitrogens is 3. The van der Waals surface area contributed by atoms with E-state index in [0.29, 0.717) is 11.9 Å². The average molecular weight is 260 g/mol. The number of nitrogen functional groups attached to an aromatic ring is 1. The molecule has 1 saturated heterocycles. The maximum absolute atomic E-state index is 5.88. The third-order valence-corrected chi connectivity index (χ3v) is 3.94. The first-order valence-electron chi connectivity index (χ1n) is 6.65. The smallest absolute Gasteiger partial charge is 0.180 e. The van der Waals surface area contributed by atoms with E-state index in [1.165, 1.54) is 0 Å². The van der Waals surface area contributed by atoms with E-state index in [1.807, 2.05) is 10.6 Å². The van der Waals surface area contributed by atoms with Gasteiger partial charge in [-0.1, -0.05) is 0 Å². The van der Waals surface area contributed by atoms with Gasteiger partial charge in [0.2, 0.25) is 0 Å². The molecule has 3 rings (SSSR count). The number of rotatable bonds is 2. The molecule has 3 heterocycles. The van der Waals surface area contributed by atoms with Gasteiger partial charge in [-0.2, -0.15) is 0 Å². The molecule has 6 heteroatoms. The van der Waals surface area contributed by atoms with Crippen molar-refractivity contribution in [3.63, 3.8) is 0 Å². The topological polar surface area (TPSA) is 62.7 Å². The van der Waals surface area contributed by atoms with Gasteiger partial charge in [-0.25, -0.2) is 9.97 Å². The number of imidazole rings is 1. The monoisotopic (exact) mass is 260 g/mol. The van der Waals surface area contributed by atoms with Crippen molar-refractivity contribution in [3.8, 4) is 0 Å². The Bertz CT molecular complexity index is 570. The van der Waals surface area contributed by atoms with Crippen LogP contribution < -0.4 is 10.6 Å². The minimum Gasteiger partial charge on any atom is -0.382 e. The Hall–Kier alpha value is -1.82. The van der Waals surface area contributed by atoms with Crippen molar-refractivity contribution in [2.24, 2.45) is 0 Å². The number of nitrogens with two attached hydrogens (primary N) is 1. The molecule has 6 nitrogen and oxygen atoms in total. The molecular weight excluding hydrogens is 240 g/mol. The molecule has 2 aromatic heterocycles. The van der Waals surface area contributed by atoms with Crippen molar-refractivity contribution in [1.29, 1.82) is 0 Å². The van der Waals surface area contributed by atoms with Crippen molar-refractivity contribution >= 4 is 17.3 Å². The summed E-state index contributed by atoms with van der Waals surface area (Å²) in [4.78, 5) is 13.4. The molecule has 0 aliphatic carbocycles. The first-order chi connectivity index (χ1) is 9.15. The number of hydrogen-bond acceptors (Lipinski definition) is 5. The summed E-state index contributed by atoms with van der Waals surface area (Å²) >= 11 is 0. The lowest BCUT2D eigenvalue weighted by Gasteiger charge is -2.35. The molecule has 2 N–H and O–H groups in total. The van der Waals surface area contributed by atoms with Gasteiger partial charge in [-0.05, 0) is 33.0 Å². The molecule has 0 unspecified atom stereocenters. The van der Waals surface area contributed by atoms with Gasteiger partial charge >= 0.3 is 0 Å². The minimum atomic E-state index is 0.506. The summed E-state index contributed by atoms with van der Waals surface area (Å²) in [6, 6.07) is 0.506. The van der Waals surface area contributed by atoms with Crippen LogP contribution in [0.5, 0.6) is 0 Å². The van der Waals surface area contributed by atoms with E-state index < -0.39 is 0 Å². The zero-order valence-electron chi connectivity index (χ0n) is 11.5. The lowest BCUT2D eigenvalue weighted by atomic mass is 10.0. The van der Waals surface area contributed by atoms with Crippen LogP contribution in [0.4, 0.5) is 11.6 Å². The van der Waals surface area contributed by atoms with Crippen molar-refractivity contribution in [1.82, 2.24) is 19.3 Å². The van der Waals surface area contributed by atoms with Crippen molar-refractivity contribution in [2.75, 3.05) is 37.8 Å². The number of fused-ring (bicyclic) bond motifs is 1. The molecule has 1 aliphatic heterocycles. The first-order valence-corrected chi connectivity index (χ1v) is 6.65. The van der Waals surface area contributed by atoms with Crippen LogP contribution in [0.15, 0.2) is 18.6 Å². The summed E-state index contributed by atoms with van der Waals surface area (Å²) in [6.07, 6.45) is 7.78. The maximum atomic E-state index is 5.88. The number of hydrogen-bond donors (Lipinski definition) is 1. The van der Waals surface area contributed by atoms with Crippen LogP contribution in [-0.2, 0) is 0 Å². The third kappa shape index (κ3) is 2.23. The van der Waals surface area contributed by atoms with Gasteiger partial charge in [0.25, 0.3) is 0 Å². The summed E-state index contributed by atoms with van der Waals surface area (Å²) in [7, 11) is 4.26. The molecule has 0 spiro atoms. The van der Waals surface area contributed by atoms with Crippen LogP contribution in [-0.4, -0.2) is 52.5 Å². The molecule has 2 aromatic rings. The van der Waals surface area contributed by atoms with Crippen LogP contribution in [0, 0.1) is 0 Å². The standard InChI is InChI=1S/C13H20N6/c1-17-6-3-10(4-7-17)18(2)13-12-15-5-8-19(12)9-11(14)16-13/h5,8-10H,3-4,6-7,14H2,1-2H3. The van der Waals surface area contributed by atoms with E-state index in [4.69, 9.17) is 5.73 Å². The SMILES string of the molecule is CN1CCC(N(C)c2nc(N)cn3ccnc23)CC1. The second-order valence-corrected chi connectivity index (χ2v) is 5.29. The zero-order valence-corrected chi connectivity index (χ0v) is 11.5. The van der Waals surface area contributed by atoms with Crippen molar-refractivity contribution in [2.45, 2.75) is 18.9 Å². The highest BCUT2D eigenvalue weighted by atomic mass is 15.2. The Balaban J connectivity index is 1.92. The fraction of sp³-hybridized carbons (Fsp3) is 0.538. The minimum absolute atomic E-state index is 0.506. The molecule has 19 heavy (non-hydrogen) atoms. The molecule has 0 saturated carbocycles. The van der Waals surface area contributed by atoms with E-state index in [9.17, 15) is 0 Å². The van der Waals surface area contributed by atoms with Crippen LogP contribution in [0.2, 0.25) is 0 Å². The van der Waals surface area contributed by atoms with Crippen LogP contribution in [0.3, 0.4) is 0 Å². The summed E-state index contributed by atoms with van der Waals surface area (Å²) in [6.45, 7) is 2.25. The van der Waals surface area contributed by atoms with Gasteiger partial charge in [0.1, 0.15) is 5.82 Å². The number of likely N-dealkylation sites (tertiary alicyclic amines) is 1. The number of anilines is 2. The molecule has 1 fully saturated rings. The van der Waals surface area contributed by atoms with Gasteiger partial charge in [-0.15, -0.1) is 0 Å². The van der Waals surface area contributed by atoms with Crippen LogP contribution in [0.1, 0.15) is 12.8 Å². The Labute approximate surface area is 112 Å². The zero-order chi connectivity index (χ0) is 13.4. The summed E-state index contributed by atoms with van der Waals surface area (Å²) in [5, 5.41) is 0. The lowest BCUT2D eigenvalue weighted by molar-refractivity contribution is 0.252. The van der Waals surface area contributed by atoms with Gasteiger partial charge < -0.3 is 19.9 Å². The Morgan fingerprint density at radius 3 is 2.84 bits per heavy atom. The van der Waals surface area contributed by atoms with Crippen molar-refractivity contribution < 1.29 is 0 Å². The fourth-order valence-corrected chi connectivity index (χ4v) is 2.73. The molecule has 0 aromatic carbocycles. The van der Waals surface area contributed by atoms with E-state index in [2.05, 4.69) is 33.9 Å². The number of piperidine rings is 1. The molecule has 0 atom stereocenters. The van der Waals surface area contributed by atoms with Gasteiger partial charge in [-0.3, -0.25) is 0 Å². The highest BCUT2D eigenvalue weighted by Gasteiger charge is 2.23. The van der Waals surface area contributed by atoms with E-state index in [1.54, 1.807) is 12.4 Å². The van der Waals surface area contributed by atoms with Gasteiger partial charge in [0.05, 0.1) is 6.20 Å². The van der Waals surface area contributed by atoms with E-state index in [-0.39, 0.29) is 0 Å².